The molecule has 0 aliphatic carbocycles. The number of carbonyl (C=O) groups excluding carboxylic acids is 1. The van der Waals surface area contributed by atoms with Crippen molar-refractivity contribution in [1.82, 2.24) is 0 Å². The van der Waals surface area contributed by atoms with Crippen molar-refractivity contribution in [3.63, 3.8) is 0 Å². The first-order chi connectivity index (χ1) is 6.93. The average molecular weight is 227 g/mol. The molecular formula is C9H9NO4S. The normalized spacial score (nSPS) is 12.1. The number of benzene rings is 1. The molecule has 80 valence electrons. The molecule has 1 rings (SSSR count). The minimum absolute atomic E-state index is 0.0766. The molecule has 1 aromatic carbocycles. The van der Waals surface area contributed by atoms with Gasteiger partial charge in [-0.2, -0.15) is 0 Å². The van der Waals surface area contributed by atoms with Crippen LogP contribution in [-0.2, 0) is 10.8 Å². The Morgan fingerprint density at radius 1 is 1.47 bits per heavy atom. The summed E-state index contributed by atoms with van der Waals surface area (Å²) in [6.07, 6.45) is 1.34. The van der Waals surface area contributed by atoms with Crippen molar-refractivity contribution in [2.24, 2.45) is 0 Å². The Morgan fingerprint density at radius 2 is 2.07 bits per heavy atom. The van der Waals surface area contributed by atoms with Gasteiger partial charge in [-0.15, -0.1) is 0 Å². The summed E-state index contributed by atoms with van der Waals surface area (Å²) < 4.78 is 11.2. The summed E-state index contributed by atoms with van der Waals surface area (Å²) in [5.74, 6) is -0.211. The molecule has 1 aromatic rings. The number of carbonyl (C=O) groups is 1. The van der Waals surface area contributed by atoms with E-state index < -0.39 is 15.7 Å². The minimum atomic E-state index is -1.48. The number of nitro benzene ring substituents is 1. The number of rotatable bonds is 3. The van der Waals surface area contributed by atoms with E-state index in [9.17, 15) is 19.1 Å². The second-order valence-electron chi connectivity index (χ2n) is 2.95. The number of hydrogen-bond acceptors (Lipinski definition) is 4. The lowest BCUT2D eigenvalue weighted by molar-refractivity contribution is -0.387. The largest absolute Gasteiger partial charge is 0.295 e. The maximum absolute atomic E-state index is 11.2. The number of nitrogens with zero attached hydrogens (tertiary/aromatic N) is 1. The maximum atomic E-state index is 11.2. The first-order valence-corrected chi connectivity index (χ1v) is 5.62. The zero-order valence-electron chi connectivity index (χ0n) is 8.22. The fourth-order valence-electron chi connectivity index (χ4n) is 1.11. The van der Waals surface area contributed by atoms with Gasteiger partial charge < -0.3 is 0 Å². The van der Waals surface area contributed by atoms with Gasteiger partial charge in [0.25, 0.3) is 5.69 Å². The van der Waals surface area contributed by atoms with Crippen molar-refractivity contribution in [2.75, 3.05) is 6.26 Å². The minimum Gasteiger partial charge on any atom is -0.295 e. The molecule has 0 bridgehead atoms. The van der Waals surface area contributed by atoms with Crippen molar-refractivity contribution in [3.05, 3.63) is 33.9 Å². The van der Waals surface area contributed by atoms with E-state index in [1.165, 1.54) is 31.4 Å². The lowest BCUT2D eigenvalue weighted by Crippen LogP contribution is -2.00. The third-order valence-electron chi connectivity index (χ3n) is 1.87. The second-order valence-corrected chi connectivity index (χ2v) is 4.30. The smallest absolute Gasteiger partial charge is 0.285 e. The van der Waals surface area contributed by atoms with Crippen LogP contribution in [0.25, 0.3) is 0 Å². The molecule has 1 unspecified atom stereocenters. The van der Waals surface area contributed by atoms with E-state index in [2.05, 4.69) is 0 Å². The van der Waals surface area contributed by atoms with Crippen molar-refractivity contribution >= 4 is 22.3 Å². The van der Waals surface area contributed by atoms with Crippen molar-refractivity contribution in [2.45, 2.75) is 11.8 Å². The highest BCUT2D eigenvalue weighted by Crippen LogP contribution is 2.22. The molecule has 5 nitrogen and oxygen atoms in total. The van der Waals surface area contributed by atoms with Gasteiger partial charge in [0.1, 0.15) is 4.90 Å². The van der Waals surface area contributed by atoms with Gasteiger partial charge in [0, 0.05) is 17.9 Å². The highest BCUT2D eigenvalue weighted by molar-refractivity contribution is 7.84. The molecule has 0 N–H and O–H groups in total. The van der Waals surface area contributed by atoms with Gasteiger partial charge >= 0.3 is 0 Å². The predicted molar refractivity (Wildman–Crippen MR) is 55.4 cm³/mol. The third kappa shape index (κ3) is 2.47. The quantitative estimate of drug-likeness (QED) is 0.445. The molecule has 0 radical (unpaired) electrons. The molecule has 15 heavy (non-hydrogen) atoms. The first-order valence-electron chi connectivity index (χ1n) is 4.06. The summed E-state index contributed by atoms with van der Waals surface area (Å²) in [5.41, 5.74) is 0.103. The van der Waals surface area contributed by atoms with E-state index in [-0.39, 0.29) is 16.4 Å². The fraction of sp³-hybridized carbons (Fsp3) is 0.222. The van der Waals surface area contributed by atoms with E-state index in [4.69, 9.17) is 0 Å². The monoisotopic (exact) mass is 227 g/mol. The summed E-state index contributed by atoms with van der Waals surface area (Å²) in [7, 11) is -1.48. The van der Waals surface area contributed by atoms with Crippen LogP contribution in [0.4, 0.5) is 5.69 Å². The van der Waals surface area contributed by atoms with Crippen LogP contribution in [0.1, 0.15) is 17.3 Å². The highest BCUT2D eigenvalue weighted by Gasteiger charge is 2.17. The Morgan fingerprint density at radius 3 is 2.47 bits per heavy atom. The summed E-state index contributed by atoms with van der Waals surface area (Å²) in [4.78, 5) is 21.1. The topological polar surface area (TPSA) is 77.3 Å². The zero-order chi connectivity index (χ0) is 11.6. The van der Waals surface area contributed by atoms with Gasteiger partial charge in [-0.25, -0.2) is 0 Å². The van der Waals surface area contributed by atoms with Gasteiger partial charge in [0.15, 0.2) is 5.78 Å². The van der Waals surface area contributed by atoms with E-state index in [0.717, 1.165) is 0 Å². The number of nitro groups is 1. The molecule has 0 aliphatic heterocycles. The summed E-state index contributed by atoms with van der Waals surface area (Å²) >= 11 is 0. The molecule has 1 atom stereocenters. The van der Waals surface area contributed by atoms with Gasteiger partial charge in [-0.3, -0.25) is 19.1 Å². The molecule has 0 saturated carbocycles. The van der Waals surface area contributed by atoms with E-state index in [0.29, 0.717) is 5.56 Å². The average Bonchev–Trinajstić information content (AvgIpc) is 2.16. The molecular weight excluding hydrogens is 218 g/mol. The molecule has 0 fully saturated rings. The van der Waals surface area contributed by atoms with Crippen LogP contribution < -0.4 is 0 Å². The maximum Gasteiger partial charge on any atom is 0.285 e. The summed E-state index contributed by atoms with van der Waals surface area (Å²) in [5, 5.41) is 10.6. The Hall–Kier alpha value is -1.56. The van der Waals surface area contributed by atoms with Crippen LogP contribution in [0, 0.1) is 10.1 Å². The summed E-state index contributed by atoms with van der Waals surface area (Å²) in [6, 6.07) is 3.86. The van der Waals surface area contributed by atoms with E-state index in [1.807, 2.05) is 0 Å². The van der Waals surface area contributed by atoms with Crippen LogP contribution in [0.15, 0.2) is 23.1 Å². The Bertz CT molecular complexity index is 455. The van der Waals surface area contributed by atoms with Crippen molar-refractivity contribution < 1.29 is 13.9 Å². The number of hydrogen-bond donors (Lipinski definition) is 0. The van der Waals surface area contributed by atoms with Crippen LogP contribution in [0.3, 0.4) is 0 Å². The summed E-state index contributed by atoms with van der Waals surface area (Å²) in [6.45, 7) is 1.35. The van der Waals surface area contributed by atoms with Crippen molar-refractivity contribution in [1.29, 1.82) is 0 Å². The number of ketones is 1. The van der Waals surface area contributed by atoms with Crippen LogP contribution >= 0.6 is 0 Å². The first kappa shape index (κ1) is 11.5. The molecule has 0 aliphatic rings. The third-order valence-corrected chi connectivity index (χ3v) is 2.82. The molecule has 0 aromatic heterocycles. The molecule has 6 heteroatoms. The fourth-order valence-corrected chi connectivity index (χ4v) is 1.84. The Kier molecular flexibility index (Phi) is 3.31. The lowest BCUT2D eigenvalue weighted by Gasteiger charge is -2.01. The van der Waals surface area contributed by atoms with Gasteiger partial charge in [0.2, 0.25) is 0 Å². The SMILES string of the molecule is CC(=O)c1ccc([N+](=O)[O-])c(S(C)=O)c1. The van der Waals surface area contributed by atoms with Crippen LogP contribution in [-0.4, -0.2) is 21.2 Å². The highest BCUT2D eigenvalue weighted by atomic mass is 32.2. The van der Waals surface area contributed by atoms with Crippen LogP contribution in [0.5, 0.6) is 0 Å². The lowest BCUT2D eigenvalue weighted by atomic mass is 10.1. The molecule has 0 heterocycles. The van der Waals surface area contributed by atoms with E-state index >= 15 is 0 Å². The van der Waals surface area contributed by atoms with Gasteiger partial charge in [0.05, 0.1) is 15.7 Å². The second kappa shape index (κ2) is 4.31. The van der Waals surface area contributed by atoms with Gasteiger partial charge in [-0.1, -0.05) is 0 Å². The van der Waals surface area contributed by atoms with E-state index in [1.54, 1.807) is 0 Å². The molecule has 0 saturated heterocycles. The molecule has 0 spiro atoms. The Balaban J connectivity index is 3.40. The molecule has 0 amide bonds. The van der Waals surface area contributed by atoms with Crippen molar-refractivity contribution in [3.8, 4) is 0 Å². The van der Waals surface area contributed by atoms with Crippen LogP contribution in [0.2, 0.25) is 0 Å². The number of Topliss-reactive ketones (excluding diaryl/α,β-unsaturated/α-hetero) is 1. The van der Waals surface area contributed by atoms with Gasteiger partial charge in [-0.05, 0) is 19.1 Å². The predicted octanol–water partition coefficient (Wildman–Crippen LogP) is 1.53. The Labute approximate surface area is 88.7 Å². The standard InChI is InChI=1S/C9H9NO4S/c1-6(11)7-3-4-8(10(12)13)9(5-7)15(2)14/h3-5H,1-2H3. The zero-order valence-corrected chi connectivity index (χ0v) is 9.04.